The van der Waals surface area contributed by atoms with Crippen molar-refractivity contribution in [3.8, 4) is 0 Å². The SMILES string of the molecule is CC(C(=O)NCCSc1cn[nH]n1)c1n[nH]c(=O)c2ccccc12. The molecule has 0 spiro atoms. The third kappa shape index (κ3) is 3.46. The molecule has 1 atom stereocenters. The molecule has 2 heterocycles. The molecule has 3 rings (SSSR count). The Balaban J connectivity index is 1.65. The zero-order valence-electron chi connectivity index (χ0n) is 12.9. The molecule has 1 aromatic carbocycles. The van der Waals surface area contributed by atoms with Crippen LogP contribution in [-0.2, 0) is 4.79 Å². The fourth-order valence-corrected chi connectivity index (χ4v) is 2.98. The Morgan fingerprint density at radius 3 is 2.83 bits per heavy atom. The molecule has 124 valence electrons. The molecule has 3 aromatic rings. The van der Waals surface area contributed by atoms with E-state index in [0.717, 1.165) is 5.03 Å². The maximum atomic E-state index is 12.3. The Labute approximate surface area is 141 Å². The number of hydrogen-bond donors (Lipinski definition) is 3. The molecule has 0 fully saturated rings. The molecule has 0 radical (unpaired) electrons. The maximum absolute atomic E-state index is 12.3. The van der Waals surface area contributed by atoms with Gasteiger partial charge in [0.05, 0.1) is 23.2 Å². The van der Waals surface area contributed by atoms with Crippen molar-refractivity contribution in [1.29, 1.82) is 0 Å². The molecule has 2 aromatic heterocycles. The molecular formula is C15H16N6O2S. The molecule has 0 saturated heterocycles. The Bertz CT molecular complexity index is 892. The fourth-order valence-electron chi connectivity index (χ4n) is 2.33. The van der Waals surface area contributed by atoms with Crippen LogP contribution in [0.1, 0.15) is 18.5 Å². The summed E-state index contributed by atoms with van der Waals surface area (Å²) in [4.78, 5) is 24.2. The number of aromatic amines is 2. The molecule has 3 N–H and O–H groups in total. The molecule has 0 aliphatic carbocycles. The van der Waals surface area contributed by atoms with Crippen molar-refractivity contribution in [3.05, 3.63) is 46.5 Å². The van der Waals surface area contributed by atoms with Crippen LogP contribution in [0.25, 0.3) is 10.8 Å². The van der Waals surface area contributed by atoms with E-state index >= 15 is 0 Å². The summed E-state index contributed by atoms with van der Waals surface area (Å²) in [6.07, 6.45) is 1.63. The van der Waals surface area contributed by atoms with Crippen LogP contribution in [0.5, 0.6) is 0 Å². The van der Waals surface area contributed by atoms with Gasteiger partial charge in [-0.3, -0.25) is 9.59 Å². The van der Waals surface area contributed by atoms with Crippen molar-refractivity contribution < 1.29 is 4.79 Å². The topological polar surface area (TPSA) is 116 Å². The monoisotopic (exact) mass is 344 g/mol. The highest BCUT2D eigenvalue weighted by molar-refractivity contribution is 7.99. The van der Waals surface area contributed by atoms with Gasteiger partial charge in [-0.1, -0.05) is 18.2 Å². The van der Waals surface area contributed by atoms with E-state index in [1.165, 1.54) is 11.8 Å². The number of aromatic nitrogens is 5. The lowest BCUT2D eigenvalue weighted by atomic mass is 10.0. The van der Waals surface area contributed by atoms with Gasteiger partial charge in [0.2, 0.25) is 5.91 Å². The van der Waals surface area contributed by atoms with E-state index in [-0.39, 0.29) is 11.5 Å². The zero-order valence-corrected chi connectivity index (χ0v) is 13.8. The first-order chi connectivity index (χ1) is 11.7. The molecule has 0 aliphatic heterocycles. The number of fused-ring (bicyclic) bond motifs is 1. The van der Waals surface area contributed by atoms with Crippen LogP contribution in [-0.4, -0.2) is 43.8 Å². The van der Waals surface area contributed by atoms with E-state index in [2.05, 4.69) is 30.9 Å². The Morgan fingerprint density at radius 2 is 2.08 bits per heavy atom. The predicted molar refractivity (Wildman–Crippen MR) is 90.9 cm³/mol. The normalized spacial score (nSPS) is 12.2. The molecule has 8 nitrogen and oxygen atoms in total. The quantitative estimate of drug-likeness (QED) is 0.455. The van der Waals surface area contributed by atoms with Crippen LogP contribution in [0.15, 0.2) is 40.3 Å². The van der Waals surface area contributed by atoms with E-state index in [9.17, 15) is 9.59 Å². The fraction of sp³-hybridized carbons (Fsp3) is 0.267. The molecule has 0 saturated carbocycles. The first-order valence-corrected chi connectivity index (χ1v) is 8.39. The van der Waals surface area contributed by atoms with Crippen molar-refractivity contribution in [2.24, 2.45) is 0 Å². The van der Waals surface area contributed by atoms with Crippen LogP contribution in [0.2, 0.25) is 0 Å². The lowest BCUT2D eigenvalue weighted by molar-refractivity contribution is -0.122. The number of carbonyl (C=O) groups is 1. The molecule has 0 bridgehead atoms. The Kier molecular flexibility index (Phi) is 4.90. The van der Waals surface area contributed by atoms with Crippen molar-refractivity contribution >= 4 is 28.4 Å². The van der Waals surface area contributed by atoms with Gasteiger partial charge in [0.1, 0.15) is 5.03 Å². The summed E-state index contributed by atoms with van der Waals surface area (Å²) in [6, 6.07) is 7.13. The van der Waals surface area contributed by atoms with Crippen LogP contribution >= 0.6 is 11.8 Å². The highest BCUT2D eigenvalue weighted by Crippen LogP contribution is 2.21. The summed E-state index contributed by atoms with van der Waals surface area (Å²) in [7, 11) is 0. The van der Waals surface area contributed by atoms with E-state index in [0.29, 0.717) is 28.8 Å². The number of nitrogens with one attached hydrogen (secondary N) is 3. The largest absolute Gasteiger partial charge is 0.355 e. The summed E-state index contributed by atoms with van der Waals surface area (Å²) >= 11 is 1.50. The second-order valence-corrected chi connectivity index (χ2v) is 6.27. The van der Waals surface area contributed by atoms with Gasteiger partial charge < -0.3 is 5.32 Å². The second kappa shape index (κ2) is 7.26. The number of amides is 1. The maximum Gasteiger partial charge on any atom is 0.272 e. The molecule has 1 amide bonds. The van der Waals surface area contributed by atoms with E-state index in [4.69, 9.17) is 0 Å². The standard InChI is InChI=1S/C15H16N6O2S/c1-9(14(22)16-6-7-24-12-8-17-21-18-12)13-10-4-2-3-5-11(10)15(23)20-19-13/h2-5,8-9H,6-7H2,1H3,(H,16,22)(H,20,23)(H,17,18,21). The summed E-state index contributed by atoms with van der Waals surface area (Å²) in [5.74, 6) is 0.0781. The lowest BCUT2D eigenvalue weighted by Crippen LogP contribution is -2.31. The number of H-pyrrole nitrogens is 2. The summed E-state index contributed by atoms with van der Waals surface area (Å²) in [5, 5.41) is 21.6. The summed E-state index contributed by atoms with van der Waals surface area (Å²) < 4.78 is 0. The zero-order chi connectivity index (χ0) is 16.9. The number of carbonyl (C=O) groups excluding carboxylic acids is 1. The van der Waals surface area contributed by atoms with Crippen LogP contribution in [0.3, 0.4) is 0 Å². The van der Waals surface area contributed by atoms with Gasteiger partial charge in [0.15, 0.2) is 0 Å². The van der Waals surface area contributed by atoms with Crippen molar-refractivity contribution in [2.75, 3.05) is 12.3 Å². The van der Waals surface area contributed by atoms with Gasteiger partial charge in [0, 0.05) is 17.7 Å². The highest BCUT2D eigenvalue weighted by atomic mass is 32.2. The van der Waals surface area contributed by atoms with E-state index < -0.39 is 5.92 Å². The average Bonchev–Trinajstić information content (AvgIpc) is 3.12. The van der Waals surface area contributed by atoms with Crippen LogP contribution in [0.4, 0.5) is 0 Å². The predicted octanol–water partition coefficient (Wildman–Crippen LogP) is 1.05. The molecule has 0 aliphatic rings. The van der Waals surface area contributed by atoms with Crippen molar-refractivity contribution in [1.82, 2.24) is 30.9 Å². The Morgan fingerprint density at radius 1 is 1.29 bits per heavy atom. The smallest absolute Gasteiger partial charge is 0.272 e. The second-order valence-electron chi connectivity index (χ2n) is 5.15. The first-order valence-electron chi connectivity index (χ1n) is 7.40. The minimum atomic E-state index is -0.469. The van der Waals surface area contributed by atoms with Crippen LogP contribution < -0.4 is 10.9 Å². The van der Waals surface area contributed by atoms with Gasteiger partial charge in [-0.2, -0.15) is 15.4 Å². The summed E-state index contributed by atoms with van der Waals surface area (Å²) in [5.41, 5.74) is 0.304. The lowest BCUT2D eigenvalue weighted by Gasteiger charge is -2.13. The Hall–Kier alpha value is -2.68. The molecule has 24 heavy (non-hydrogen) atoms. The van der Waals surface area contributed by atoms with E-state index in [1.54, 1.807) is 31.3 Å². The number of benzene rings is 1. The minimum absolute atomic E-state index is 0.138. The van der Waals surface area contributed by atoms with Gasteiger partial charge in [-0.25, -0.2) is 5.10 Å². The van der Waals surface area contributed by atoms with Gasteiger partial charge in [0.25, 0.3) is 5.56 Å². The molecule has 1 unspecified atom stereocenters. The number of hydrogen-bond acceptors (Lipinski definition) is 6. The van der Waals surface area contributed by atoms with Gasteiger partial charge in [-0.05, 0) is 13.0 Å². The summed E-state index contributed by atoms with van der Waals surface area (Å²) in [6.45, 7) is 2.27. The number of thioether (sulfide) groups is 1. The van der Waals surface area contributed by atoms with Crippen LogP contribution in [0, 0.1) is 0 Å². The number of rotatable bonds is 6. The third-order valence-electron chi connectivity index (χ3n) is 3.57. The van der Waals surface area contributed by atoms with Crippen molar-refractivity contribution in [3.63, 3.8) is 0 Å². The van der Waals surface area contributed by atoms with E-state index in [1.807, 2.05) is 6.07 Å². The molecule has 9 heteroatoms. The first kappa shape index (κ1) is 16.2. The average molecular weight is 344 g/mol. The third-order valence-corrected chi connectivity index (χ3v) is 4.47. The molecular weight excluding hydrogens is 328 g/mol. The van der Waals surface area contributed by atoms with Gasteiger partial charge >= 0.3 is 0 Å². The number of nitrogens with zero attached hydrogens (tertiary/aromatic N) is 3. The minimum Gasteiger partial charge on any atom is -0.355 e. The highest BCUT2D eigenvalue weighted by Gasteiger charge is 2.19. The van der Waals surface area contributed by atoms with Gasteiger partial charge in [-0.15, -0.1) is 16.9 Å². The van der Waals surface area contributed by atoms with Crippen molar-refractivity contribution in [2.45, 2.75) is 17.9 Å².